The van der Waals surface area contributed by atoms with Gasteiger partial charge in [0, 0.05) is 6.42 Å². The van der Waals surface area contributed by atoms with Crippen LogP contribution in [0.3, 0.4) is 0 Å². The van der Waals surface area contributed by atoms with Gasteiger partial charge in [-0.1, -0.05) is 0 Å². The van der Waals surface area contributed by atoms with E-state index in [0.717, 1.165) is 0 Å². The van der Waals surface area contributed by atoms with Crippen LogP contribution in [0.1, 0.15) is 13.3 Å². The van der Waals surface area contributed by atoms with E-state index in [4.69, 9.17) is 14.6 Å². The van der Waals surface area contributed by atoms with E-state index in [1.54, 1.807) is 0 Å². The average molecular weight is 242 g/mol. The van der Waals surface area contributed by atoms with Crippen molar-refractivity contribution in [2.24, 2.45) is 0 Å². The Morgan fingerprint density at radius 1 is 1.35 bits per heavy atom. The van der Waals surface area contributed by atoms with E-state index < -0.39 is 12.1 Å². The van der Waals surface area contributed by atoms with Gasteiger partial charge in [-0.05, 0) is 31.2 Å². The Balaban J connectivity index is 2.12. The maximum Gasteiger partial charge on any atom is 0.332 e. The zero-order valence-corrected chi connectivity index (χ0v) is 9.56. The van der Waals surface area contributed by atoms with Gasteiger partial charge in [0.1, 0.15) is 11.6 Å². The van der Waals surface area contributed by atoms with Gasteiger partial charge in [0.2, 0.25) is 0 Å². The topological polar surface area (TPSA) is 55.8 Å². The molecule has 17 heavy (non-hydrogen) atoms. The predicted molar refractivity (Wildman–Crippen MR) is 59.6 cm³/mol. The number of ether oxygens (including phenoxy) is 2. The van der Waals surface area contributed by atoms with Gasteiger partial charge >= 0.3 is 5.97 Å². The van der Waals surface area contributed by atoms with Crippen LogP contribution in [0.25, 0.3) is 0 Å². The molecule has 0 heterocycles. The molecule has 4 nitrogen and oxygen atoms in total. The van der Waals surface area contributed by atoms with Crippen molar-refractivity contribution < 1.29 is 23.8 Å². The molecule has 1 rings (SSSR count). The molecule has 0 bridgehead atoms. The lowest BCUT2D eigenvalue weighted by atomic mass is 10.3. The molecule has 1 atom stereocenters. The van der Waals surface area contributed by atoms with E-state index in [2.05, 4.69) is 0 Å². The summed E-state index contributed by atoms with van der Waals surface area (Å²) >= 11 is 0. The first-order valence-corrected chi connectivity index (χ1v) is 5.32. The summed E-state index contributed by atoms with van der Waals surface area (Å²) in [6, 6.07) is 5.71. The van der Waals surface area contributed by atoms with Crippen molar-refractivity contribution in [2.45, 2.75) is 19.4 Å². The highest BCUT2D eigenvalue weighted by atomic mass is 19.1. The van der Waals surface area contributed by atoms with Crippen LogP contribution in [0.5, 0.6) is 5.75 Å². The third-order valence-electron chi connectivity index (χ3n) is 2.09. The van der Waals surface area contributed by atoms with Gasteiger partial charge in [-0.15, -0.1) is 0 Å². The highest BCUT2D eigenvalue weighted by Crippen LogP contribution is 2.11. The fraction of sp³-hybridized carbons (Fsp3) is 0.417. The summed E-state index contributed by atoms with van der Waals surface area (Å²) in [6.07, 6.45) is -0.226. The first-order chi connectivity index (χ1) is 8.09. The molecule has 0 aliphatic heterocycles. The monoisotopic (exact) mass is 242 g/mol. The number of halogens is 1. The molecule has 1 aromatic rings. The Kier molecular flexibility index (Phi) is 5.42. The zero-order chi connectivity index (χ0) is 12.7. The van der Waals surface area contributed by atoms with Crippen LogP contribution in [-0.4, -0.2) is 30.4 Å². The number of benzene rings is 1. The van der Waals surface area contributed by atoms with Gasteiger partial charge in [-0.25, -0.2) is 9.18 Å². The molecule has 1 N–H and O–H groups in total. The summed E-state index contributed by atoms with van der Waals surface area (Å²) in [5.41, 5.74) is 0. The Morgan fingerprint density at radius 2 is 2.00 bits per heavy atom. The number of carboxylic acids is 1. The summed E-state index contributed by atoms with van der Waals surface area (Å²) in [4.78, 5) is 10.4. The SMILES string of the molecule is C[C@@H](OCCCOc1ccc(F)cc1)C(=O)O. The minimum absolute atomic E-state index is 0.309. The number of carboxylic acid groups (broad SMARTS) is 1. The van der Waals surface area contributed by atoms with E-state index in [9.17, 15) is 9.18 Å². The third-order valence-corrected chi connectivity index (χ3v) is 2.09. The molecule has 0 radical (unpaired) electrons. The molecule has 0 spiro atoms. The van der Waals surface area contributed by atoms with Crippen LogP contribution in [0.4, 0.5) is 4.39 Å². The van der Waals surface area contributed by atoms with Gasteiger partial charge in [0.25, 0.3) is 0 Å². The smallest absolute Gasteiger partial charge is 0.332 e. The van der Waals surface area contributed by atoms with E-state index in [1.165, 1.54) is 31.2 Å². The normalized spacial score (nSPS) is 12.1. The number of hydrogen-bond donors (Lipinski definition) is 1. The summed E-state index contributed by atoms with van der Waals surface area (Å²) in [6.45, 7) is 2.19. The molecule has 0 aliphatic rings. The second-order valence-corrected chi connectivity index (χ2v) is 3.51. The van der Waals surface area contributed by atoms with E-state index in [-0.39, 0.29) is 5.82 Å². The molecule has 0 fully saturated rings. The quantitative estimate of drug-likeness (QED) is 0.744. The maximum atomic E-state index is 12.6. The maximum absolute atomic E-state index is 12.6. The van der Waals surface area contributed by atoms with Crippen LogP contribution < -0.4 is 4.74 Å². The van der Waals surface area contributed by atoms with Crippen molar-refractivity contribution >= 4 is 5.97 Å². The minimum Gasteiger partial charge on any atom is -0.494 e. The summed E-state index contributed by atoms with van der Waals surface area (Å²) < 4.78 is 22.9. The fourth-order valence-electron chi connectivity index (χ4n) is 1.11. The van der Waals surface area contributed by atoms with Crippen LogP contribution in [0.15, 0.2) is 24.3 Å². The molecule has 5 heteroatoms. The Morgan fingerprint density at radius 3 is 2.59 bits per heavy atom. The lowest BCUT2D eigenvalue weighted by Gasteiger charge is -2.09. The minimum atomic E-state index is -0.982. The number of hydrogen-bond acceptors (Lipinski definition) is 3. The zero-order valence-electron chi connectivity index (χ0n) is 9.56. The van der Waals surface area contributed by atoms with Gasteiger partial charge in [-0.3, -0.25) is 0 Å². The van der Waals surface area contributed by atoms with Crippen LogP contribution in [-0.2, 0) is 9.53 Å². The van der Waals surface area contributed by atoms with Crippen molar-refractivity contribution in [3.05, 3.63) is 30.1 Å². The van der Waals surface area contributed by atoms with Crippen molar-refractivity contribution in [2.75, 3.05) is 13.2 Å². The first kappa shape index (κ1) is 13.4. The first-order valence-electron chi connectivity index (χ1n) is 5.32. The second-order valence-electron chi connectivity index (χ2n) is 3.51. The highest BCUT2D eigenvalue weighted by molar-refractivity contribution is 5.71. The molecule has 0 amide bonds. The van der Waals surface area contributed by atoms with Crippen molar-refractivity contribution in [3.63, 3.8) is 0 Å². The summed E-state index contributed by atoms with van der Waals surface area (Å²) in [5.74, 6) is -0.710. The molecule has 1 aromatic carbocycles. The van der Waals surface area contributed by atoms with Crippen molar-refractivity contribution in [3.8, 4) is 5.75 Å². The second kappa shape index (κ2) is 6.85. The lowest BCUT2D eigenvalue weighted by Crippen LogP contribution is -2.20. The Hall–Kier alpha value is -1.62. The van der Waals surface area contributed by atoms with Gasteiger partial charge in [-0.2, -0.15) is 0 Å². The van der Waals surface area contributed by atoms with Gasteiger partial charge < -0.3 is 14.6 Å². The van der Waals surface area contributed by atoms with E-state index in [1.807, 2.05) is 0 Å². The number of carbonyl (C=O) groups is 1. The number of aliphatic carboxylic acids is 1. The van der Waals surface area contributed by atoms with Gasteiger partial charge in [0.05, 0.1) is 13.2 Å². The summed E-state index contributed by atoms with van der Waals surface area (Å²) in [7, 11) is 0. The van der Waals surface area contributed by atoms with Crippen LogP contribution >= 0.6 is 0 Å². The highest BCUT2D eigenvalue weighted by Gasteiger charge is 2.09. The molecule has 0 aliphatic carbocycles. The standard InChI is InChI=1S/C12H15FO4/c1-9(12(14)15)16-7-2-8-17-11-5-3-10(13)4-6-11/h3-6,9H,2,7-8H2,1H3,(H,14,15)/t9-/m1/s1. The van der Waals surface area contributed by atoms with Crippen molar-refractivity contribution in [1.29, 1.82) is 0 Å². The average Bonchev–Trinajstić information content (AvgIpc) is 2.30. The summed E-state index contributed by atoms with van der Waals surface area (Å²) in [5, 5.41) is 8.55. The molecule has 0 aromatic heterocycles. The molecular weight excluding hydrogens is 227 g/mol. The van der Waals surface area contributed by atoms with Crippen molar-refractivity contribution in [1.82, 2.24) is 0 Å². The lowest BCUT2D eigenvalue weighted by molar-refractivity contribution is -0.149. The largest absolute Gasteiger partial charge is 0.494 e. The molecular formula is C12H15FO4. The Bertz CT molecular complexity index is 350. The molecule has 0 unspecified atom stereocenters. The van der Waals surface area contributed by atoms with E-state index in [0.29, 0.717) is 25.4 Å². The number of rotatable bonds is 7. The molecule has 0 saturated heterocycles. The van der Waals surface area contributed by atoms with Gasteiger partial charge in [0.15, 0.2) is 6.10 Å². The van der Waals surface area contributed by atoms with E-state index >= 15 is 0 Å². The predicted octanol–water partition coefficient (Wildman–Crippen LogP) is 2.08. The fourth-order valence-corrected chi connectivity index (χ4v) is 1.11. The Labute approximate surface area is 99.0 Å². The van der Waals surface area contributed by atoms with Crippen LogP contribution in [0, 0.1) is 5.82 Å². The molecule has 0 saturated carbocycles. The van der Waals surface area contributed by atoms with Crippen LogP contribution in [0.2, 0.25) is 0 Å². The third kappa shape index (κ3) is 5.31. The molecule has 94 valence electrons.